The lowest BCUT2D eigenvalue weighted by atomic mass is 10.1. The molecule has 4 nitrogen and oxygen atoms in total. The van der Waals surface area contributed by atoms with E-state index in [-0.39, 0.29) is 17.7 Å². The summed E-state index contributed by atoms with van der Waals surface area (Å²) in [4.78, 5) is 14.4. The highest BCUT2D eigenvalue weighted by Crippen LogP contribution is 2.47. The average Bonchev–Trinajstić information content (AvgIpc) is 3.36. The Kier molecular flexibility index (Phi) is 5.10. The highest BCUT2D eigenvalue weighted by Gasteiger charge is 2.44. The summed E-state index contributed by atoms with van der Waals surface area (Å²) in [5.41, 5.74) is 0.161. The number of alkyl halides is 3. The number of nitrogens with one attached hydrogen (secondary N) is 2. The highest BCUT2D eigenvalue weighted by atomic mass is 19.4. The number of nitrogens with zero attached hydrogens (tertiary/aromatic N) is 1. The number of benzene rings is 1. The Balaban J connectivity index is 1.43. The summed E-state index contributed by atoms with van der Waals surface area (Å²) >= 11 is 0. The van der Waals surface area contributed by atoms with Crippen LogP contribution in [0.2, 0.25) is 0 Å². The van der Waals surface area contributed by atoms with Gasteiger partial charge in [0.15, 0.2) is 0 Å². The maximum atomic E-state index is 12.6. The first-order chi connectivity index (χ1) is 11.4. The smallest absolute Gasteiger partial charge is 0.355 e. The van der Waals surface area contributed by atoms with Crippen LogP contribution in [0.3, 0.4) is 0 Å². The SMILES string of the molecule is O=C(NCCN1CCNCC1)[C@@H]1C[C@H]1c1ccc(C(F)(F)F)cc1. The molecule has 0 radical (unpaired) electrons. The van der Waals surface area contributed by atoms with Crippen molar-refractivity contribution in [2.24, 2.45) is 5.92 Å². The Labute approximate surface area is 139 Å². The van der Waals surface area contributed by atoms with E-state index in [0.29, 0.717) is 13.0 Å². The lowest BCUT2D eigenvalue weighted by Gasteiger charge is -2.27. The van der Waals surface area contributed by atoms with E-state index in [4.69, 9.17) is 0 Å². The average molecular weight is 341 g/mol. The third-order valence-electron chi connectivity index (χ3n) is 4.73. The van der Waals surface area contributed by atoms with Crippen LogP contribution in [0.4, 0.5) is 13.2 Å². The number of halogens is 3. The van der Waals surface area contributed by atoms with Crippen molar-refractivity contribution in [3.8, 4) is 0 Å². The third kappa shape index (κ3) is 4.27. The number of amides is 1. The molecule has 0 aromatic heterocycles. The van der Waals surface area contributed by atoms with Gasteiger partial charge in [-0.3, -0.25) is 9.69 Å². The lowest BCUT2D eigenvalue weighted by Crippen LogP contribution is -2.46. The van der Waals surface area contributed by atoms with Crippen LogP contribution in [0.5, 0.6) is 0 Å². The van der Waals surface area contributed by atoms with Crippen molar-refractivity contribution in [2.45, 2.75) is 18.5 Å². The van der Waals surface area contributed by atoms with Gasteiger partial charge >= 0.3 is 6.18 Å². The molecule has 0 unspecified atom stereocenters. The first kappa shape index (κ1) is 17.2. The number of hydrogen-bond acceptors (Lipinski definition) is 3. The maximum Gasteiger partial charge on any atom is 0.416 e. The molecule has 3 rings (SSSR count). The molecule has 0 bridgehead atoms. The molecule has 2 N–H and O–H groups in total. The lowest BCUT2D eigenvalue weighted by molar-refractivity contribution is -0.137. The monoisotopic (exact) mass is 341 g/mol. The highest BCUT2D eigenvalue weighted by molar-refractivity contribution is 5.82. The van der Waals surface area contributed by atoms with E-state index in [1.165, 1.54) is 12.1 Å². The number of carbonyl (C=O) groups is 1. The molecule has 2 atom stereocenters. The van der Waals surface area contributed by atoms with E-state index in [2.05, 4.69) is 15.5 Å². The second kappa shape index (κ2) is 7.11. The minimum atomic E-state index is -4.32. The summed E-state index contributed by atoms with van der Waals surface area (Å²) < 4.78 is 37.7. The van der Waals surface area contributed by atoms with Gasteiger partial charge in [0.2, 0.25) is 5.91 Å². The molecule has 1 amide bonds. The second-order valence-corrected chi connectivity index (χ2v) is 6.45. The van der Waals surface area contributed by atoms with Crippen molar-refractivity contribution in [2.75, 3.05) is 39.3 Å². The van der Waals surface area contributed by atoms with Crippen LogP contribution >= 0.6 is 0 Å². The predicted octanol–water partition coefficient (Wildman–Crippen LogP) is 1.83. The number of rotatable bonds is 5. The van der Waals surface area contributed by atoms with Crippen LogP contribution in [0.15, 0.2) is 24.3 Å². The summed E-state index contributed by atoms with van der Waals surface area (Å²) in [6.45, 7) is 5.40. The number of hydrogen-bond donors (Lipinski definition) is 2. The fourth-order valence-electron chi connectivity index (χ4n) is 3.18. The van der Waals surface area contributed by atoms with Gasteiger partial charge in [-0.25, -0.2) is 0 Å². The topological polar surface area (TPSA) is 44.4 Å². The zero-order valence-electron chi connectivity index (χ0n) is 13.4. The van der Waals surface area contributed by atoms with Crippen molar-refractivity contribution in [3.05, 3.63) is 35.4 Å². The molecule has 1 aliphatic carbocycles. The molecular formula is C17H22F3N3O. The van der Waals surface area contributed by atoms with Crippen molar-refractivity contribution in [1.29, 1.82) is 0 Å². The molecule has 1 aromatic rings. The van der Waals surface area contributed by atoms with E-state index in [9.17, 15) is 18.0 Å². The minimum absolute atomic E-state index is 0.00929. The Morgan fingerprint density at radius 3 is 2.50 bits per heavy atom. The molecule has 1 saturated heterocycles. The first-order valence-corrected chi connectivity index (χ1v) is 8.33. The van der Waals surface area contributed by atoms with Crippen molar-refractivity contribution < 1.29 is 18.0 Å². The molecule has 1 saturated carbocycles. The van der Waals surface area contributed by atoms with Gasteiger partial charge in [-0.2, -0.15) is 13.2 Å². The molecule has 24 heavy (non-hydrogen) atoms. The maximum absolute atomic E-state index is 12.6. The fourth-order valence-corrected chi connectivity index (χ4v) is 3.18. The van der Waals surface area contributed by atoms with Gasteiger partial charge in [0.1, 0.15) is 0 Å². The van der Waals surface area contributed by atoms with Crippen LogP contribution in [0.25, 0.3) is 0 Å². The second-order valence-electron chi connectivity index (χ2n) is 6.45. The van der Waals surface area contributed by atoms with E-state index >= 15 is 0 Å². The van der Waals surface area contributed by atoms with Gasteiger partial charge in [-0.15, -0.1) is 0 Å². The minimum Gasteiger partial charge on any atom is -0.355 e. The van der Waals surface area contributed by atoms with Crippen molar-refractivity contribution in [3.63, 3.8) is 0 Å². The van der Waals surface area contributed by atoms with Gasteiger partial charge in [-0.05, 0) is 30.0 Å². The molecule has 1 aromatic carbocycles. The summed E-state index contributed by atoms with van der Waals surface area (Å²) in [7, 11) is 0. The van der Waals surface area contributed by atoms with Crippen LogP contribution in [0.1, 0.15) is 23.5 Å². The zero-order valence-corrected chi connectivity index (χ0v) is 13.4. The molecule has 2 fully saturated rings. The number of carbonyl (C=O) groups excluding carboxylic acids is 1. The van der Waals surface area contributed by atoms with Gasteiger partial charge in [0.25, 0.3) is 0 Å². The van der Waals surface area contributed by atoms with E-state index < -0.39 is 11.7 Å². The standard InChI is InChI=1S/C17H22F3N3O/c18-17(19,20)13-3-1-12(2-4-13)14-11-15(14)16(24)22-7-10-23-8-5-21-6-9-23/h1-4,14-15,21H,5-11H2,(H,22,24)/t14-,15+/m0/s1. The van der Waals surface area contributed by atoms with Crippen LogP contribution in [-0.2, 0) is 11.0 Å². The molecule has 1 heterocycles. The van der Waals surface area contributed by atoms with Gasteiger partial charge in [-0.1, -0.05) is 12.1 Å². The summed E-state index contributed by atoms with van der Waals surface area (Å²) in [5, 5.41) is 6.23. The zero-order chi connectivity index (χ0) is 17.2. The molecular weight excluding hydrogens is 319 g/mol. The van der Waals surface area contributed by atoms with Crippen molar-refractivity contribution >= 4 is 5.91 Å². The summed E-state index contributed by atoms with van der Waals surface area (Å²) in [5.74, 6) is -0.0498. The largest absolute Gasteiger partial charge is 0.416 e. The van der Waals surface area contributed by atoms with E-state index in [1.807, 2.05) is 0 Å². The van der Waals surface area contributed by atoms with E-state index in [1.54, 1.807) is 0 Å². The molecule has 1 aliphatic heterocycles. The summed E-state index contributed by atoms with van der Waals surface area (Å²) in [6.07, 6.45) is -3.60. The molecule has 2 aliphatic rings. The van der Waals surface area contributed by atoms with Crippen molar-refractivity contribution in [1.82, 2.24) is 15.5 Å². The van der Waals surface area contributed by atoms with E-state index in [0.717, 1.165) is 50.4 Å². The molecule has 7 heteroatoms. The van der Waals surface area contributed by atoms with Crippen LogP contribution < -0.4 is 10.6 Å². The Morgan fingerprint density at radius 2 is 1.88 bits per heavy atom. The summed E-state index contributed by atoms with van der Waals surface area (Å²) in [6, 6.07) is 5.16. The Morgan fingerprint density at radius 1 is 1.21 bits per heavy atom. The number of piperazine rings is 1. The van der Waals surface area contributed by atoms with Gasteiger partial charge in [0.05, 0.1) is 5.56 Å². The van der Waals surface area contributed by atoms with Crippen LogP contribution in [-0.4, -0.2) is 50.1 Å². The Bertz CT molecular complexity index is 567. The molecule has 0 spiro atoms. The van der Waals surface area contributed by atoms with Gasteiger partial charge in [0, 0.05) is 45.2 Å². The quantitative estimate of drug-likeness (QED) is 0.859. The Hall–Kier alpha value is -1.60. The van der Waals surface area contributed by atoms with Gasteiger partial charge < -0.3 is 10.6 Å². The normalized spacial score (nSPS) is 24.6. The first-order valence-electron chi connectivity index (χ1n) is 8.33. The fraction of sp³-hybridized carbons (Fsp3) is 0.588. The molecule has 132 valence electrons. The predicted molar refractivity (Wildman–Crippen MR) is 84.6 cm³/mol. The third-order valence-corrected chi connectivity index (χ3v) is 4.73. The van der Waals surface area contributed by atoms with Crippen LogP contribution in [0, 0.1) is 5.92 Å².